The van der Waals surface area contributed by atoms with Gasteiger partial charge in [0, 0.05) is 19.6 Å². The van der Waals surface area contributed by atoms with Gasteiger partial charge in [-0.05, 0) is 38.2 Å². The highest BCUT2D eigenvalue weighted by Gasteiger charge is 2.26. The fraction of sp³-hybridized carbons (Fsp3) is 0.571. The Bertz CT molecular complexity index is 561. The van der Waals surface area contributed by atoms with Crippen molar-refractivity contribution in [2.45, 2.75) is 24.8 Å². The highest BCUT2D eigenvalue weighted by molar-refractivity contribution is 7.89. The van der Waals surface area contributed by atoms with Crippen LogP contribution in [0.4, 0.5) is 4.39 Å². The average Bonchev–Trinajstić information content (AvgIpc) is 2.42. The predicted octanol–water partition coefficient (Wildman–Crippen LogP) is 1.28. The lowest BCUT2D eigenvalue weighted by Gasteiger charge is -2.23. The van der Waals surface area contributed by atoms with Gasteiger partial charge in [-0.25, -0.2) is 12.8 Å². The molecule has 0 bridgehead atoms. The molecule has 7 heteroatoms. The first-order valence-corrected chi connectivity index (χ1v) is 8.31. The molecule has 1 aromatic carbocycles. The van der Waals surface area contributed by atoms with Crippen LogP contribution in [0.5, 0.6) is 0 Å². The van der Waals surface area contributed by atoms with Gasteiger partial charge in [-0.1, -0.05) is 13.0 Å². The summed E-state index contributed by atoms with van der Waals surface area (Å²) in [7, 11) is -0.155. The quantitative estimate of drug-likeness (QED) is 0.784. The molecule has 0 heterocycles. The largest absolute Gasteiger partial charge is 0.392 e. The van der Waals surface area contributed by atoms with Gasteiger partial charge in [0.25, 0.3) is 0 Å². The monoisotopic (exact) mass is 318 g/mol. The van der Waals surface area contributed by atoms with E-state index in [2.05, 4.69) is 0 Å². The molecule has 21 heavy (non-hydrogen) atoms. The normalized spacial score (nSPS) is 12.3. The van der Waals surface area contributed by atoms with Crippen molar-refractivity contribution in [1.82, 2.24) is 9.21 Å². The first kappa shape index (κ1) is 18.0. The van der Waals surface area contributed by atoms with Gasteiger partial charge in [-0.3, -0.25) is 0 Å². The van der Waals surface area contributed by atoms with E-state index in [-0.39, 0.29) is 11.5 Å². The number of benzene rings is 1. The number of sulfonamides is 1. The van der Waals surface area contributed by atoms with E-state index in [0.29, 0.717) is 31.6 Å². The van der Waals surface area contributed by atoms with Gasteiger partial charge in [-0.2, -0.15) is 4.31 Å². The Morgan fingerprint density at radius 2 is 1.86 bits per heavy atom. The molecule has 120 valence electrons. The van der Waals surface area contributed by atoms with Crippen LogP contribution in [0.15, 0.2) is 23.1 Å². The van der Waals surface area contributed by atoms with E-state index in [1.807, 2.05) is 25.9 Å². The zero-order valence-electron chi connectivity index (χ0n) is 12.7. The molecular formula is C14H23FN2O3S. The van der Waals surface area contributed by atoms with Gasteiger partial charge in [0.05, 0.1) is 6.61 Å². The molecule has 5 nitrogen and oxygen atoms in total. The SMILES string of the molecule is CCCN(CCN(C)C)S(=O)(=O)c1ccc(CO)cc1F. The lowest BCUT2D eigenvalue weighted by Crippen LogP contribution is -2.37. The smallest absolute Gasteiger partial charge is 0.246 e. The van der Waals surface area contributed by atoms with Crippen LogP contribution in [0, 0.1) is 5.82 Å². The first-order chi connectivity index (χ1) is 9.82. The number of halogens is 1. The fourth-order valence-electron chi connectivity index (χ4n) is 1.90. The molecule has 0 amide bonds. The van der Waals surface area contributed by atoms with E-state index < -0.39 is 15.8 Å². The molecule has 0 saturated heterocycles. The van der Waals surface area contributed by atoms with Crippen LogP contribution in [0.2, 0.25) is 0 Å². The van der Waals surface area contributed by atoms with Crippen molar-refractivity contribution >= 4 is 10.0 Å². The predicted molar refractivity (Wildman–Crippen MR) is 79.9 cm³/mol. The topological polar surface area (TPSA) is 60.9 Å². The molecule has 0 unspecified atom stereocenters. The zero-order chi connectivity index (χ0) is 16.0. The van der Waals surface area contributed by atoms with Crippen LogP contribution >= 0.6 is 0 Å². The van der Waals surface area contributed by atoms with Crippen LogP contribution in [0.3, 0.4) is 0 Å². The molecule has 0 saturated carbocycles. The third-order valence-corrected chi connectivity index (χ3v) is 5.00. The van der Waals surface area contributed by atoms with Crippen molar-refractivity contribution in [3.8, 4) is 0 Å². The van der Waals surface area contributed by atoms with E-state index >= 15 is 0 Å². The number of aliphatic hydroxyl groups is 1. The molecule has 0 aliphatic carbocycles. The van der Waals surface area contributed by atoms with Crippen LogP contribution in [0.25, 0.3) is 0 Å². The van der Waals surface area contributed by atoms with Crippen LogP contribution in [0.1, 0.15) is 18.9 Å². The van der Waals surface area contributed by atoms with Crippen molar-refractivity contribution in [1.29, 1.82) is 0 Å². The molecule has 1 N–H and O–H groups in total. The Balaban J connectivity index is 3.10. The maximum absolute atomic E-state index is 14.0. The molecule has 0 aliphatic rings. The Labute approximate surface area is 126 Å². The number of hydrogen-bond donors (Lipinski definition) is 1. The summed E-state index contributed by atoms with van der Waals surface area (Å²) in [6.45, 7) is 2.78. The molecular weight excluding hydrogens is 295 g/mol. The summed E-state index contributed by atoms with van der Waals surface area (Å²) < 4.78 is 40.4. The minimum Gasteiger partial charge on any atom is -0.392 e. The van der Waals surface area contributed by atoms with Crippen molar-refractivity contribution in [3.63, 3.8) is 0 Å². The minimum atomic E-state index is -3.86. The zero-order valence-corrected chi connectivity index (χ0v) is 13.5. The molecule has 1 rings (SSSR count). The van der Waals surface area contributed by atoms with Crippen LogP contribution in [-0.2, 0) is 16.6 Å². The number of rotatable bonds is 8. The summed E-state index contributed by atoms with van der Waals surface area (Å²) in [5.74, 6) is -0.826. The summed E-state index contributed by atoms with van der Waals surface area (Å²) in [5, 5.41) is 8.96. The second-order valence-corrected chi connectivity index (χ2v) is 7.04. The highest BCUT2D eigenvalue weighted by Crippen LogP contribution is 2.21. The van der Waals surface area contributed by atoms with Crippen LogP contribution in [-0.4, -0.2) is 56.5 Å². The van der Waals surface area contributed by atoms with Crippen molar-refractivity contribution in [2.75, 3.05) is 33.7 Å². The lowest BCUT2D eigenvalue weighted by molar-refractivity contribution is 0.281. The Hall–Kier alpha value is -1.02. The lowest BCUT2D eigenvalue weighted by atomic mass is 10.2. The van der Waals surface area contributed by atoms with Crippen molar-refractivity contribution in [2.24, 2.45) is 0 Å². The molecule has 0 aromatic heterocycles. The first-order valence-electron chi connectivity index (χ1n) is 6.87. The summed E-state index contributed by atoms with van der Waals surface area (Å²) in [6.07, 6.45) is 0.656. The van der Waals surface area contributed by atoms with Crippen molar-refractivity contribution in [3.05, 3.63) is 29.6 Å². The number of nitrogens with zero attached hydrogens (tertiary/aromatic N) is 2. The minimum absolute atomic E-state index is 0.310. The number of hydrogen-bond acceptors (Lipinski definition) is 4. The summed E-state index contributed by atoms with van der Waals surface area (Å²) in [5.41, 5.74) is 0.349. The van der Waals surface area contributed by atoms with E-state index in [1.165, 1.54) is 16.4 Å². The maximum atomic E-state index is 14.0. The van der Waals surface area contributed by atoms with Gasteiger partial charge >= 0.3 is 0 Å². The molecule has 0 aliphatic heterocycles. The molecule has 0 spiro atoms. The average molecular weight is 318 g/mol. The Morgan fingerprint density at radius 3 is 2.33 bits per heavy atom. The van der Waals surface area contributed by atoms with E-state index in [0.717, 1.165) is 6.07 Å². The molecule has 1 aromatic rings. The summed E-state index contributed by atoms with van der Waals surface area (Å²) >= 11 is 0. The maximum Gasteiger partial charge on any atom is 0.246 e. The summed E-state index contributed by atoms with van der Waals surface area (Å²) in [6, 6.07) is 3.70. The van der Waals surface area contributed by atoms with Gasteiger partial charge in [-0.15, -0.1) is 0 Å². The Morgan fingerprint density at radius 1 is 1.19 bits per heavy atom. The van der Waals surface area contributed by atoms with E-state index in [1.54, 1.807) is 0 Å². The molecule has 0 fully saturated rings. The van der Waals surface area contributed by atoms with E-state index in [4.69, 9.17) is 5.11 Å². The van der Waals surface area contributed by atoms with Gasteiger partial charge in [0.15, 0.2) is 0 Å². The number of aliphatic hydroxyl groups excluding tert-OH is 1. The fourth-order valence-corrected chi connectivity index (χ4v) is 3.47. The standard InChI is InChI=1S/C14H23FN2O3S/c1-4-7-17(9-8-16(2)3)21(19,20)14-6-5-12(11-18)10-13(14)15/h5-6,10,18H,4,7-9,11H2,1-3H3. The van der Waals surface area contributed by atoms with E-state index in [9.17, 15) is 12.8 Å². The Kier molecular flexibility index (Phi) is 6.73. The van der Waals surface area contributed by atoms with Crippen LogP contribution < -0.4 is 0 Å². The summed E-state index contributed by atoms with van der Waals surface area (Å²) in [4.78, 5) is 1.54. The van der Waals surface area contributed by atoms with Gasteiger partial charge in [0.2, 0.25) is 10.0 Å². The molecule has 0 radical (unpaired) electrons. The second-order valence-electron chi connectivity index (χ2n) is 5.13. The van der Waals surface area contributed by atoms with Gasteiger partial charge < -0.3 is 10.0 Å². The second kappa shape index (κ2) is 7.84. The number of likely N-dealkylation sites (N-methyl/N-ethyl adjacent to an activating group) is 1. The molecule has 0 atom stereocenters. The highest BCUT2D eigenvalue weighted by atomic mass is 32.2. The third-order valence-electron chi connectivity index (χ3n) is 3.07. The van der Waals surface area contributed by atoms with Gasteiger partial charge in [0.1, 0.15) is 10.7 Å². The van der Waals surface area contributed by atoms with Crippen molar-refractivity contribution < 1.29 is 17.9 Å². The third kappa shape index (κ3) is 4.74.